The summed E-state index contributed by atoms with van der Waals surface area (Å²) in [5.74, 6) is 0. The number of nitrogens with one attached hydrogen (secondary N) is 1. The van der Waals surface area contributed by atoms with Gasteiger partial charge in [-0.25, -0.2) is 13.1 Å². The molecule has 0 radical (unpaired) electrons. The number of hydrogen-bond donors (Lipinski definition) is 2. The molecule has 0 aliphatic carbocycles. The Kier molecular flexibility index (Phi) is 4.77. The fourth-order valence-corrected chi connectivity index (χ4v) is 3.45. The number of ether oxygens (including phenoxy) is 1. The molecule has 0 bridgehead atoms. The van der Waals surface area contributed by atoms with Gasteiger partial charge in [-0.3, -0.25) is 0 Å². The normalized spacial score (nSPS) is 12.7. The Morgan fingerprint density at radius 1 is 1.44 bits per heavy atom. The van der Waals surface area contributed by atoms with Gasteiger partial charge < -0.3 is 10.5 Å². The largest absolute Gasteiger partial charge is 0.399 e. The molecule has 18 heavy (non-hydrogen) atoms. The van der Waals surface area contributed by atoms with Crippen molar-refractivity contribution in [2.75, 3.05) is 19.4 Å². The van der Waals surface area contributed by atoms with Crippen LogP contribution in [-0.4, -0.2) is 27.7 Å². The van der Waals surface area contributed by atoms with Gasteiger partial charge in [0.15, 0.2) is 0 Å². The van der Waals surface area contributed by atoms with Crippen molar-refractivity contribution in [1.82, 2.24) is 4.72 Å². The van der Waals surface area contributed by atoms with Crippen molar-refractivity contribution in [1.29, 1.82) is 0 Å². The van der Waals surface area contributed by atoms with Crippen LogP contribution in [-0.2, 0) is 14.8 Å². The average molecular weight is 337 g/mol. The van der Waals surface area contributed by atoms with Crippen molar-refractivity contribution < 1.29 is 13.2 Å². The Bertz CT molecular complexity index is 529. The minimum atomic E-state index is -3.58. The van der Waals surface area contributed by atoms with E-state index in [1.54, 1.807) is 26.0 Å². The number of anilines is 1. The third-order valence-electron chi connectivity index (χ3n) is 2.49. The van der Waals surface area contributed by atoms with Gasteiger partial charge >= 0.3 is 0 Å². The van der Waals surface area contributed by atoms with Crippen molar-refractivity contribution in [3.05, 3.63) is 22.7 Å². The topological polar surface area (TPSA) is 81.4 Å². The molecule has 0 saturated heterocycles. The Balaban J connectivity index is 2.94. The zero-order valence-electron chi connectivity index (χ0n) is 10.5. The third kappa shape index (κ3) is 3.94. The number of rotatable bonds is 5. The first-order chi connectivity index (χ1) is 8.18. The molecule has 1 aromatic rings. The van der Waals surface area contributed by atoms with Crippen LogP contribution < -0.4 is 10.5 Å². The van der Waals surface area contributed by atoms with E-state index in [0.29, 0.717) is 10.2 Å². The first kappa shape index (κ1) is 15.4. The summed E-state index contributed by atoms with van der Waals surface area (Å²) < 4.78 is 32.3. The van der Waals surface area contributed by atoms with Crippen molar-refractivity contribution in [3.8, 4) is 0 Å². The van der Waals surface area contributed by atoms with Crippen LogP contribution in [0.15, 0.2) is 27.6 Å². The number of nitrogen functional groups attached to an aromatic ring is 1. The maximum absolute atomic E-state index is 12.1. The van der Waals surface area contributed by atoms with Crippen molar-refractivity contribution in [2.45, 2.75) is 24.3 Å². The van der Waals surface area contributed by atoms with Crippen molar-refractivity contribution >= 4 is 31.6 Å². The molecule has 102 valence electrons. The molecule has 0 heterocycles. The Hall–Kier alpha value is -0.630. The lowest BCUT2D eigenvalue weighted by molar-refractivity contribution is 0.0276. The second kappa shape index (κ2) is 5.56. The monoisotopic (exact) mass is 336 g/mol. The minimum absolute atomic E-state index is 0.156. The lowest BCUT2D eigenvalue weighted by Gasteiger charge is -2.23. The first-order valence-corrected chi connectivity index (χ1v) is 7.55. The van der Waals surface area contributed by atoms with E-state index in [9.17, 15) is 8.42 Å². The highest BCUT2D eigenvalue weighted by molar-refractivity contribution is 9.10. The molecule has 0 aromatic heterocycles. The first-order valence-electron chi connectivity index (χ1n) is 5.28. The van der Waals surface area contributed by atoms with E-state index in [2.05, 4.69) is 20.7 Å². The highest BCUT2D eigenvalue weighted by atomic mass is 79.9. The molecule has 5 nitrogen and oxygen atoms in total. The van der Waals surface area contributed by atoms with E-state index in [1.165, 1.54) is 13.2 Å². The van der Waals surface area contributed by atoms with Gasteiger partial charge in [-0.1, -0.05) is 0 Å². The molecule has 0 fully saturated rings. The molecular formula is C11H17BrN2O3S. The lowest BCUT2D eigenvalue weighted by Crippen LogP contribution is -2.39. The summed E-state index contributed by atoms with van der Waals surface area (Å²) in [6.07, 6.45) is 0. The average Bonchev–Trinajstić information content (AvgIpc) is 2.26. The summed E-state index contributed by atoms with van der Waals surface area (Å²) >= 11 is 3.19. The summed E-state index contributed by atoms with van der Waals surface area (Å²) in [5.41, 5.74) is 5.51. The van der Waals surface area contributed by atoms with Gasteiger partial charge in [0.2, 0.25) is 10.0 Å². The molecule has 7 heteroatoms. The Labute approximate surface area is 116 Å². The number of nitrogens with two attached hydrogens (primary N) is 1. The van der Waals surface area contributed by atoms with Crippen LogP contribution in [0.25, 0.3) is 0 Å². The minimum Gasteiger partial charge on any atom is -0.399 e. The maximum atomic E-state index is 12.1. The van der Waals surface area contributed by atoms with Crippen LogP contribution in [0.2, 0.25) is 0 Å². The second-order valence-electron chi connectivity index (χ2n) is 4.48. The number of sulfonamides is 1. The summed E-state index contributed by atoms with van der Waals surface area (Å²) in [7, 11) is -2.05. The van der Waals surface area contributed by atoms with Crippen LogP contribution in [0.4, 0.5) is 5.69 Å². The number of methoxy groups -OCH3 is 1. The van der Waals surface area contributed by atoms with Gasteiger partial charge in [0.05, 0.1) is 10.5 Å². The maximum Gasteiger partial charge on any atom is 0.241 e. The van der Waals surface area contributed by atoms with Gasteiger partial charge in [0, 0.05) is 23.8 Å². The molecule has 3 N–H and O–H groups in total. The van der Waals surface area contributed by atoms with E-state index in [4.69, 9.17) is 10.5 Å². The summed E-state index contributed by atoms with van der Waals surface area (Å²) in [5, 5.41) is 0. The van der Waals surface area contributed by atoms with Gasteiger partial charge in [0.25, 0.3) is 0 Å². The van der Waals surface area contributed by atoms with E-state index < -0.39 is 15.6 Å². The number of halogens is 1. The summed E-state index contributed by atoms with van der Waals surface area (Å²) in [6.45, 7) is 3.78. The fourth-order valence-electron chi connectivity index (χ4n) is 1.15. The second-order valence-corrected chi connectivity index (χ2v) is 7.07. The Morgan fingerprint density at radius 2 is 2.06 bits per heavy atom. The predicted molar refractivity (Wildman–Crippen MR) is 74.8 cm³/mol. The van der Waals surface area contributed by atoms with Gasteiger partial charge in [-0.05, 0) is 48.0 Å². The van der Waals surface area contributed by atoms with Crippen molar-refractivity contribution in [3.63, 3.8) is 0 Å². The number of benzene rings is 1. The van der Waals surface area contributed by atoms with E-state index in [-0.39, 0.29) is 11.4 Å². The molecule has 0 spiro atoms. The number of hydrogen-bond acceptors (Lipinski definition) is 4. The smallest absolute Gasteiger partial charge is 0.241 e. The third-order valence-corrected chi connectivity index (χ3v) is 4.86. The highest BCUT2D eigenvalue weighted by Crippen LogP contribution is 2.24. The van der Waals surface area contributed by atoms with Gasteiger partial charge in [0.1, 0.15) is 0 Å². The zero-order chi connectivity index (χ0) is 14.0. The van der Waals surface area contributed by atoms with Crippen LogP contribution >= 0.6 is 15.9 Å². The summed E-state index contributed by atoms with van der Waals surface area (Å²) in [6, 6.07) is 4.55. The molecule has 0 aliphatic heterocycles. The summed E-state index contributed by atoms with van der Waals surface area (Å²) in [4.78, 5) is 0.156. The SMILES string of the molecule is COC(C)(C)CNS(=O)(=O)c1ccc(N)cc1Br. The molecule has 1 rings (SSSR count). The molecule has 0 saturated carbocycles. The predicted octanol–water partition coefficient (Wildman–Crippen LogP) is 1.73. The van der Waals surface area contributed by atoms with Crippen LogP contribution in [0, 0.1) is 0 Å². The van der Waals surface area contributed by atoms with Gasteiger partial charge in [-0.15, -0.1) is 0 Å². The van der Waals surface area contributed by atoms with Crippen molar-refractivity contribution in [2.24, 2.45) is 0 Å². The molecular weight excluding hydrogens is 320 g/mol. The lowest BCUT2D eigenvalue weighted by atomic mass is 10.1. The molecule has 0 aliphatic rings. The molecule has 0 unspecified atom stereocenters. The fraction of sp³-hybridized carbons (Fsp3) is 0.455. The van der Waals surface area contributed by atoms with Crippen LogP contribution in [0.1, 0.15) is 13.8 Å². The van der Waals surface area contributed by atoms with E-state index in [1.807, 2.05) is 0 Å². The van der Waals surface area contributed by atoms with Gasteiger partial charge in [-0.2, -0.15) is 0 Å². The molecule has 0 amide bonds. The Morgan fingerprint density at radius 3 is 2.56 bits per heavy atom. The highest BCUT2D eigenvalue weighted by Gasteiger charge is 2.23. The molecule has 0 atom stereocenters. The molecule has 1 aromatic carbocycles. The van der Waals surface area contributed by atoms with Crippen LogP contribution in [0.3, 0.4) is 0 Å². The standard InChI is InChI=1S/C11H17BrN2O3S/c1-11(2,17-3)7-14-18(15,16)10-5-4-8(13)6-9(10)12/h4-6,14H,7,13H2,1-3H3. The van der Waals surface area contributed by atoms with Crippen LogP contribution in [0.5, 0.6) is 0 Å². The van der Waals surface area contributed by atoms with E-state index >= 15 is 0 Å². The quantitative estimate of drug-likeness (QED) is 0.802. The zero-order valence-corrected chi connectivity index (χ0v) is 12.9. The van der Waals surface area contributed by atoms with E-state index in [0.717, 1.165) is 0 Å².